The molecule has 0 aliphatic carbocycles. The first kappa shape index (κ1) is 14.1. The maximum absolute atomic E-state index is 13.5. The molecule has 1 atom stereocenters. The van der Waals surface area contributed by atoms with Crippen LogP contribution in [0.1, 0.15) is 6.42 Å². The highest BCUT2D eigenvalue weighted by Gasteiger charge is 2.21. The Hall–Kier alpha value is -1.27. The molecule has 0 saturated carbocycles. The highest BCUT2D eigenvalue weighted by molar-refractivity contribution is 7.99. The third-order valence-corrected chi connectivity index (χ3v) is 4.33. The molecular weight excluding hydrogens is 265 g/mol. The quantitative estimate of drug-likeness (QED) is 0.827. The first-order valence-electron chi connectivity index (χ1n) is 6.19. The zero-order valence-corrected chi connectivity index (χ0v) is 11.7. The zero-order chi connectivity index (χ0) is 13.8. The number of likely N-dealkylation sites (N-methyl/N-ethyl adjacent to an activating group) is 1. The smallest absolute Gasteiger partial charge is 0.238 e. The van der Waals surface area contributed by atoms with E-state index < -0.39 is 5.82 Å². The molecular formula is C13H18FN3OS. The molecule has 3 N–H and O–H groups in total. The molecule has 1 unspecified atom stereocenters. The Kier molecular flexibility index (Phi) is 4.66. The molecule has 6 heteroatoms. The van der Waals surface area contributed by atoms with Crippen molar-refractivity contribution < 1.29 is 9.18 Å². The number of nitrogen functional groups attached to an aromatic ring is 1. The zero-order valence-electron chi connectivity index (χ0n) is 10.9. The van der Waals surface area contributed by atoms with Gasteiger partial charge in [0.2, 0.25) is 5.91 Å². The van der Waals surface area contributed by atoms with Crippen LogP contribution in [-0.4, -0.2) is 41.9 Å². The summed E-state index contributed by atoms with van der Waals surface area (Å²) >= 11 is 1.90. The molecule has 0 bridgehead atoms. The third-order valence-electron chi connectivity index (χ3n) is 3.19. The number of halogens is 1. The van der Waals surface area contributed by atoms with Gasteiger partial charge in [-0.3, -0.25) is 9.69 Å². The number of amides is 1. The molecule has 1 amide bonds. The van der Waals surface area contributed by atoms with E-state index >= 15 is 0 Å². The van der Waals surface area contributed by atoms with Gasteiger partial charge in [-0.1, -0.05) is 0 Å². The van der Waals surface area contributed by atoms with E-state index in [1.165, 1.54) is 18.2 Å². The normalized spacial score (nSPS) is 18.8. The van der Waals surface area contributed by atoms with Crippen molar-refractivity contribution in [1.29, 1.82) is 0 Å². The van der Waals surface area contributed by atoms with Gasteiger partial charge < -0.3 is 11.1 Å². The van der Waals surface area contributed by atoms with E-state index in [4.69, 9.17) is 5.73 Å². The van der Waals surface area contributed by atoms with Crippen molar-refractivity contribution in [3.8, 4) is 0 Å². The Morgan fingerprint density at radius 1 is 1.63 bits per heavy atom. The van der Waals surface area contributed by atoms with Gasteiger partial charge >= 0.3 is 0 Å². The van der Waals surface area contributed by atoms with E-state index in [-0.39, 0.29) is 18.1 Å². The minimum atomic E-state index is -0.471. The molecule has 1 aromatic rings. The third kappa shape index (κ3) is 3.84. The van der Waals surface area contributed by atoms with E-state index in [1.807, 2.05) is 23.7 Å². The van der Waals surface area contributed by atoms with Gasteiger partial charge in [-0.15, -0.1) is 0 Å². The second-order valence-corrected chi connectivity index (χ2v) is 5.87. The first-order valence-corrected chi connectivity index (χ1v) is 7.34. The second-order valence-electron chi connectivity index (χ2n) is 4.72. The van der Waals surface area contributed by atoms with E-state index in [0.29, 0.717) is 11.7 Å². The largest absolute Gasteiger partial charge is 0.399 e. The monoisotopic (exact) mass is 283 g/mol. The van der Waals surface area contributed by atoms with Crippen LogP contribution < -0.4 is 11.1 Å². The summed E-state index contributed by atoms with van der Waals surface area (Å²) in [6.07, 6.45) is 1.10. The molecule has 1 fully saturated rings. The minimum Gasteiger partial charge on any atom is -0.399 e. The van der Waals surface area contributed by atoms with Gasteiger partial charge in [0.05, 0.1) is 12.2 Å². The Morgan fingerprint density at radius 3 is 3.11 bits per heavy atom. The number of rotatable bonds is 4. The predicted molar refractivity (Wildman–Crippen MR) is 77.8 cm³/mol. The number of anilines is 2. The lowest BCUT2D eigenvalue weighted by molar-refractivity contribution is -0.117. The molecule has 1 aromatic carbocycles. The lowest BCUT2D eigenvalue weighted by Gasteiger charge is -2.22. The van der Waals surface area contributed by atoms with Crippen molar-refractivity contribution in [1.82, 2.24) is 4.90 Å². The average Bonchev–Trinajstić information content (AvgIpc) is 2.87. The van der Waals surface area contributed by atoms with Crippen LogP contribution in [0.25, 0.3) is 0 Å². The Morgan fingerprint density at radius 2 is 2.42 bits per heavy atom. The van der Waals surface area contributed by atoms with Crippen molar-refractivity contribution in [3.05, 3.63) is 24.0 Å². The molecule has 104 valence electrons. The molecule has 0 aromatic heterocycles. The van der Waals surface area contributed by atoms with Crippen LogP contribution in [0.5, 0.6) is 0 Å². The summed E-state index contributed by atoms with van der Waals surface area (Å²) in [5.41, 5.74) is 6.14. The Labute approximate surface area is 116 Å². The summed E-state index contributed by atoms with van der Waals surface area (Å²) < 4.78 is 13.5. The number of benzene rings is 1. The van der Waals surface area contributed by atoms with E-state index in [1.54, 1.807) is 0 Å². The number of carbonyl (C=O) groups is 1. The molecule has 1 saturated heterocycles. The van der Waals surface area contributed by atoms with Gasteiger partial charge in [-0.25, -0.2) is 4.39 Å². The number of hydrogen-bond donors (Lipinski definition) is 2. The molecule has 2 rings (SSSR count). The highest BCUT2D eigenvalue weighted by atomic mass is 32.2. The van der Waals surface area contributed by atoms with Crippen LogP contribution in [-0.2, 0) is 4.79 Å². The summed E-state index contributed by atoms with van der Waals surface area (Å²) in [6.45, 7) is 0.263. The van der Waals surface area contributed by atoms with Crippen molar-refractivity contribution in [3.63, 3.8) is 0 Å². The van der Waals surface area contributed by atoms with Crippen LogP contribution in [0.2, 0.25) is 0 Å². The summed E-state index contributed by atoms with van der Waals surface area (Å²) in [4.78, 5) is 13.9. The van der Waals surface area contributed by atoms with Crippen molar-refractivity contribution >= 4 is 29.0 Å². The van der Waals surface area contributed by atoms with Gasteiger partial charge in [-0.2, -0.15) is 11.8 Å². The fourth-order valence-corrected chi connectivity index (χ4v) is 3.35. The fourth-order valence-electron chi connectivity index (χ4n) is 2.05. The lowest BCUT2D eigenvalue weighted by atomic mass is 10.2. The summed E-state index contributed by atoms with van der Waals surface area (Å²) in [5, 5.41) is 2.56. The van der Waals surface area contributed by atoms with E-state index in [0.717, 1.165) is 17.9 Å². The Balaban J connectivity index is 1.91. The maximum atomic E-state index is 13.5. The van der Waals surface area contributed by atoms with Gasteiger partial charge in [0.15, 0.2) is 0 Å². The number of thioether (sulfide) groups is 1. The van der Waals surface area contributed by atoms with Gasteiger partial charge in [0.25, 0.3) is 0 Å². The summed E-state index contributed by atoms with van der Waals surface area (Å²) in [5.74, 6) is 1.50. The average molecular weight is 283 g/mol. The van der Waals surface area contributed by atoms with Crippen LogP contribution in [0.15, 0.2) is 18.2 Å². The van der Waals surface area contributed by atoms with Gasteiger partial charge in [0, 0.05) is 17.5 Å². The SMILES string of the molecule is CN(CC(=O)Nc1cc(N)ccc1F)C1CCSC1. The Bertz CT molecular complexity index is 463. The van der Waals surface area contributed by atoms with Crippen molar-refractivity contribution in [2.45, 2.75) is 12.5 Å². The standard InChI is InChI=1S/C13H18FN3OS/c1-17(10-4-5-19-8-10)7-13(18)16-12-6-9(15)2-3-11(12)14/h2-3,6,10H,4-5,7-8,15H2,1H3,(H,16,18). The first-order chi connectivity index (χ1) is 9.06. The van der Waals surface area contributed by atoms with Crippen LogP contribution in [0.4, 0.5) is 15.8 Å². The molecule has 0 spiro atoms. The second kappa shape index (κ2) is 6.25. The fraction of sp³-hybridized carbons (Fsp3) is 0.462. The summed E-state index contributed by atoms with van der Waals surface area (Å²) in [7, 11) is 1.92. The number of nitrogens with zero attached hydrogens (tertiary/aromatic N) is 1. The number of hydrogen-bond acceptors (Lipinski definition) is 4. The number of carbonyl (C=O) groups excluding carboxylic acids is 1. The van der Waals surface area contributed by atoms with E-state index in [9.17, 15) is 9.18 Å². The van der Waals surface area contributed by atoms with E-state index in [2.05, 4.69) is 5.32 Å². The van der Waals surface area contributed by atoms with Crippen LogP contribution in [0.3, 0.4) is 0 Å². The molecule has 1 aliphatic heterocycles. The van der Waals surface area contributed by atoms with Gasteiger partial charge in [0.1, 0.15) is 5.82 Å². The molecule has 1 aliphatic rings. The maximum Gasteiger partial charge on any atom is 0.238 e. The minimum absolute atomic E-state index is 0.138. The lowest BCUT2D eigenvalue weighted by Crippen LogP contribution is -2.38. The van der Waals surface area contributed by atoms with Crippen LogP contribution >= 0.6 is 11.8 Å². The van der Waals surface area contributed by atoms with Crippen molar-refractivity contribution in [2.24, 2.45) is 0 Å². The molecule has 4 nitrogen and oxygen atoms in total. The molecule has 1 heterocycles. The predicted octanol–water partition coefficient (Wildman–Crippen LogP) is 1.78. The summed E-state index contributed by atoms with van der Waals surface area (Å²) in [6, 6.07) is 4.58. The highest BCUT2D eigenvalue weighted by Crippen LogP contribution is 2.21. The number of nitrogens with two attached hydrogens (primary N) is 1. The van der Waals surface area contributed by atoms with Crippen molar-refractivity contribution in [2.75, 3.05) is 36.1 Å². The van der Waals surface area contributed by atoms with Crippen LogP contribution in [0, 0.1) is 5.82 Å². The number of nitrogens with one attached hydrogen (secondary N) is 1. The van der Waals surface area contributed by atoms with Gasteiger partial charge in [-0.05, 0) is 37.4 Å². The molecule has 19 heavy (non-hydrogen) atoms. The topological polar surface area (TPSA) is 58.4 Å². The molecule has 0 radical (unpaired) electrons.